The lowest BCUT2D eigenvalue weighted by molar-refractivity contribution is 0.894. The molecule has 0 amide bonds. The number of nitrogens with zero attached hydrogens (tertiary/aromatic N) is 3. The van der Waals surface area contributed by atoms with E-state index in [2.05, 4.69) is 5.10 Å². The quantitative estimate of drug-likeness (QED) is 0.382. The summed E-state index contributed by atoms with van der Waals surface area (Å²) in [4.78, 5) is 18.7. The maximum atomic E-state index is 13.2. The molecule has 126 valence electrons. The lowest BCUT2D eigenvalue weighted by Gasteiger charge is -2.06. The van der Waals surface area contributed by atoms with Crippen molar-refractivity contribution < 1.29 is 0 Å². The van der Waals surface area contributed by atoms with E-state index in [1.54, 1.807) is 0 Å². The molecular formula is C20H12ClN3OS. The predicted molar refractivity (Wildman–Crippen MR) is 107 cm³/mol. The number of thiophene rings is 1. The highest BCUT2D eigenvalue weighted by Crippen LogP contribution is 2.32. The summed E-state index contributed by atoms with van der Waals surface area (Å²) in [6.45, 7) is 2.04. The lowest BCUT2D eigenvalue weighted by atomic mass is 10.1. The average molecular weight is 378 g/mol. The summed E-state index contributed by atoms with van der Waals surface area (Å²) in [7, 11) is 0. The minimum absolute atomic E-state index is 0.200. The highest BCUT2D eigenvalue weighted by Gasteiger charge is 2.17. The average Bonchev–Trinajstić information content (AvgIpc) is 3.08. The molecule has 0 atom stereocenters. The fourth-order valence-electron chi connectivity index (χ4n) is 3.19. The smallest absolute Gasteiger partial charge is 0.267 e. The van der Waals surface area contributed by atoms with Gasteiger partial charge in [-0.3, -0.25) is 4.79 Å². The summed E-state index contributed by atoms with van der Waals surface area (Å²) in [5, 5.41) is 8.75. The van der Waals surface area contributed by atoms with E-state index in [0.29, 0.717) is 21.0 Å². The molecule has 0 aliphatic carbocycles. The van der Waals surface area contributed by atoms with Crippen molar-refractivity contribution in [3.63, 3.8) is 0 Å². The number of aromatic nitrogens is 3. The van der Waals surface area contributed by atoms with Gasteiger partial charge in [-0.25, -0.2) is 4.98 Å². The number of hydrogen-bond acceptors (Lipinski definition) is 4. The van der Waals surface area contributed by atoms with Crippen molar-refractivity contribution in [2.24, 2.45) is 0 Å². The molecule has 0 bridgehead atoms. The van der Waals surface area contributed by atoms with Crippen LogP contribution in [0.2, 0.25) is 5.15 Å². The fourth-order valence-corrected chi connectivity index (χ4v) is 4.37. The minimum Gasteiger partial charge on any atom is -0.267 e. The Morgan fingerprint density at radius 1 is 1.04 bits per heavy atom. The van der Waals surface area contributed by atoms with Gasteiger partial charge in [0.25, 0.3) is 5.56 Å². The maximum Gasteiger partial charge on any atom is 0.283 e. The van der Waals surface area contributed by atoms with Crippen LogP contribution in [-0.2, 0) is 0 Å². The van der Waals surface area contributed by atoms with Crippen LogP contribution < -0.4 is 5.56 Å². The summed E-state index contributed by atoms with van der Waals surface area (Å²) in [6.07, 6.45) is 0. The highest BCUT2D eigenvalue weighted by atomic mass is 35.5. The zero-order valence-electron chi connectivity index (χ0n) is 13.7. The molecule has 0 unspecified atom stereocenters. The van der Waals surface area contributed by atoms with E-state index >= 15 is 0 Å². The van der Waals surface area contributed by atoms with Crippen molar-refractivity contribution in [1.82, 2.24) is 14.6 Å². The normalized spacial score (nSPS) is 11.6. The van der Waals surface area contributed by atoms with Crippen LogP contribution in [0.1, 0.15) is 5.56 Å². The molecule has 0 saturated heterocycles. The topological polar surface area (TPSA) is 47.3 Å². The molecule has 0 N–H and O–H groups in total. The molecule has 0 aliphatic rings. The summed E-state index contributed by atoms with van der Waals surface area (Å²) in [5.74, 6) is 0. The summed E-state index contributed by atoms with van der Waals surface area (Å²) < 4.78 is 1.32. The molecule has 0 radical (unpaired) electrons. The second-order valence-electron chi connectivity index (χ2n) is 6.18. The molecule has 3 aromatic heterocycles. The zero-order chi connectivity index (χ0) is 17.8. The van der Waals surface area contributed by atoms with Crippen molar-refractivity contribution in [2.45, 2.75) is 6.92 Å². The van der Waals surface area contributed by atoms with Crippen molar-refractivity contribution in [1.29, 1.82) is 0 Å². The third-order valence-corrected chi connectivity index (χ3v) is 5.68. The maximum absolute atomic E-state index is 13.2. The van der Waals surface area contributed by atoms with Gasteiger partial charge in [0, 0.05) is 21.7 Å². The Labute approximate surface area is 157 Å². The Bertz CT molecular complexity index is 1370. The Hall–Kier alpha value is -2.76. The van der Waals surface area contributed by atoms with Gasteiger partial charge in [0.15, 0.2) is 10.8 Å². The first-order valence-corrected chi connectivity index (χ1v) is 9.35. The fraction of sp³-hybridized carbons (Fsp3) is 0.0500. The monoisotopic (exact) mass is 377 g/mol. The third-order valence-electron chi connectivity index (χ3n) is 4.53. The van der Waals surface area contributed by atoms with E-state index in [9.17, 15) is 4.79 Å². The largest absolute Gasteiger partial charge is 0.283 e. The first-order valence-electron chi connectivity index (χ1n) is 8.09. The van der Waals surface area contributed by atoms with Gasteiger partial charge >= 0.3 is 0 Å². The molecule has 2 aromatic carbocycles. The Morgan fingerprint density at radius 3 is 2.54 bits per heavy atom. The molecule has 4 nitrogen and oxygen atoms in total. The predicted octanol–water partition coefficient (Wildman–Crippen LogP) is 5.09. The molecule has 5 aromatic rings. The van der Waals surface area contributed by atoms with Gasteiger partial charge in [-0.15, -0.1) is 11.3 Å². The standard InChI is InChI=1S/C20H12ClN3OS/c1-11-6-8-12(9-7-11)15-10-26-19-16(15)20(25)24-18(22-19)14-5-3-2-4-13(14)17(21)23-24/h2-10H,1H3. The zero-order valence-corrected chi connectivity index (χ0v) is 15.3. The van der Waals surface area contributed by atoms with Crippen molar-refractivity contribution in [2.75, 3.05) is 0 Å². The van der Waals surface area contributed by atoms with Gasteiger partial charge in [0.2, 0.25) is 0 Å². The summed E-state index contributed by atoms with van der Waals surface area (Å²) in [5.41, 5.74) is 3.37. The number of fused-ring (bicyclic) bond motifs is 4. The van der Waals surface area contributed by atoms with Crippen molar-refractivity contribution in [3.05, 3.63) is 75.0 Å². The van der Waals surface area contributed by atoms with Crippen LogP contribution in [0.15, 0.2) is 58.7 Å². The van der Waals surface area contributed by atoms with Gasteiger partial charge in [-0.1, -0.05) is 65.7 Å². The molecule has 0 aliphatic heterocycles. The number of halogens is 1. The highest BCUT2D eigenvalue weighted by molar-refractivity contribution is 7.17. The van der Waals surface area contributed by atoms with E-state index in [1.807, 2.05) is 60.8 Å². The Morgan fingerprint density at radius 2 is 1.77 bits per heavy atom. The number of benzene rings is 2. The van der Waals surface area contributed by atoms with Gasteiger partial charge in [-0.05, 0) is 12.5 Å². The summed E-state index contributed by atoms with van der Waals surface area (Å²) in [6, 6.07) is 15.7. The number of rotatable bonds is 1. The second-order valence-corrected chi connectivity index (χ2v) is 7.40. The van der Waals surface area contributed by atoms with Gasteiger partial charge in [0.05, 0.1) is 5.39 Å². The molecule has 3 heterocycles. The molecule has 0 saturated carbocycles. The van der Waals surface area contributed by atoms with Crippen LogP contribution in [0.5, 0.6) is 0 Å². The molecule has 5 rings (SSSR count). The van der Waals surface area contributed by atoms with E-state index in [0.717, 1.165) is 21.9 Å². The number of aryl methyl sites for hydroxylation is 1. The van der Waals surface area contributed by atoms with Crippen LogP contribution in [0.4, 0.5) is 0 Å². The van der Waals surface area contributed by atoms with Crippen LogP contribution >= 0.6 is 22.9 Å². The Balaban J connectivity index is 1.92. The van der Waals surface area contributed by atoms with Crippen LogP contribution in [0, 0.1) is 6.92 Å². The van der Waals surface area contributed by atoms with Gasteiger partial charge < -0.3 is 0 Å². The molecule has 26 heavy (non-hydrogen) atoms. The van der Waals surface area contributed by atoms with Crippen LogP contribution in [-0.4, -0.2) is 14.6 Å². The summed E-state index contributed by atoms with van der Waals surface area (Å²) >= 11 is 7.78. The third kappa shape index (κ3) is 2.18. The molecule has 0 fully saturated rings. The minimum atomic E-state index is -0.200. The van der Waals surface area contributed by atoms with E-state index in [1.165, 1.54) is 21.4 Å². The molecule has 6 heteroatoms. The second kappa shape index (κ2) is 5.62. The SMILES string of the molecule is Cc1ccc(-c2csc3nc4c5ccccc5c(Cl)nn4c(=O)c23)cc1. The Kier molecular flexibility index (Phi) is 3.35. The first kappa shape index (κ1) is 15.5. The van der Waals surface area contributed by atoms with Crippen LogP contribution in [0.25, 0.3) is 37.8 Å². The van der Waals surface area contributed by atoms with Crippen molar-refractivity contribution >= 4 is 49.6 Å². The first-order chi connectivity index (χ1) is 12.6. The van der Waals surface area contributed by atoms with E-state index in [4.69, 9.17) is 16.6 Å². The molecular weight excluding hydrogens is 366 g/mol. The van der Waals surface area contributed by atoms with Gasteiger partial charge in [0.1, 0.15) is 4.83 Å². The molecule has 0 spiro atoms. The van der Waals surface area contributed by atoms with Crippen molar-refractivity contribution in [3.8, 4) is 11.1 Å². The van der Waals surface area contributed by atoms with E-state index in [-0.39, 0.29) is 5.56 Å². The lowest BCUT2D eigenvalue weighted by Crippen LogP contribution is -2.18. The van der Waals surface area contributed by atoms with Gasteiger partial charge in [-0.2, -0.15) is 9.61 Å². The van der Waals surface area contributed by atoms with Crippen LogP contribution in [0.3, 0.4) is 0 Å². The number of hydrogen-bond donors (Lipinski definition) is 0. The van der Waals surface area contributed by atoms with E-state index < -0.39 is 0 Å².